The lowest BCUT2D eigenvalue weighted by Gasteiger charge is -2.12. The van der Waals surface area contributed by atoms with Crippen molar-refractivity contribution < 1.29 is 23.8 Å². The molecule has 0 amide bonds. The number of unbranched alkanes of at least 4 members (excludes halogenated alkanes) is 1. The van der Waals surface area contributed by atoms with Crippen LogP contribution in [-0.4, -0.2) is 37.9 Å². The average Bonchev–Trinajstić information content (AvgIpc) is 3.19. The smallest absolute Gasteiger partial charge is 0.333 e. The lowest BCUT2D eigenvalue weighted by molar-refractivity contribution is -0.140. The van der Waals surface area contributed by atoms with Crippen molar-refractivity contribution >= 4 is 11.9 Å². The first-order valence-corrected chi connectivity index (χ1v) is 7.35. The summed E-state index contributed by atoms with van der Waals surface area (Å²) < 4.78 is 14.6. The van der Waals surface area contributed by atoms with E-state index in [1.54, 1.807) is 6.92 Å². The van der Waals surface area contributed by atoms with Gasteiger partial charge in [-0.1, -0.05) is 26.0 Å². The van der Waals surface area contributed by atoms with Crippen molar-refractivity contribution in [2.45, 2.75) is 45.6 Å². The standard InChI is InChI=1S/C9H14O2.C7H10O3/c1-2-3-7-11-9(10)8-5-4-6-8;1-5(2)7(8)10-4-6-3-9-6/h5H,2-4,6-7H2,1H3;6H,1,3-4H2,2H3. The van der Waals surface area contributed by atoms with E-state index in [0.29, 0.717) is 25.4 Å². The summed E-state index contributed by atoms with van der Waals surface area (Å²) in [7, 11) is 0. The summed E-state index contributed by atoms with van der Waals surface area (Å²) in [6.45, 7) is 8.79. The van der Waals surface area contributed by atoms with Gasteiger partial charge < -0.3 is 14.2 Å². The summed E-state index contributed by atoms with van der Waals surface area (Å²) in [4.78, 5) is 21.7. The lowest BCUT2D eigenvalue weighted by atomic mass is 10.00. The summed E-state index contributed by atoms with van der Waals surface area (Å²) in [5, 5.41) is 0. The molecule has 0 aromatic rings. The molecule has 1 saturated heterocycles. The predicted molar refractivity (Wildman–Crippen MR) is 78.7 cm³/mol. The third-order valence-electron chi connectivity index (χ3n) is 2.95. The molecule has 2 rings (SSSR count). The summed E-state index contributed by atoms with van der Waals surface area (Å²) in [6.07, 6.45) is 6.08. The Bertz CT molecular complexity index is 407. The second-order valence-electron chi connectivity index (χ2n) is 5.09. The number of allylic oxidation sites excluding steroid dienone is 1. The van der Waals surface area contributed by atoms with Gasteiger partial charge in [-0.2, -0.15) is 0 Å². The van der Waals surface area contributed by atoms with Crippen LogP contribution in [-0.2, 0) is 23.8 Å². The van der Waals surface area contributed by atoms with Crippen LogP contribution in [0.2, 0.25) is 0 Å². The number of carbonyl (C=O) groups is 2. The molecule has 5 nitrogen and oxygen atoms in total. The molecule has 0 aromatic heterocycles. The van der Waals surface area contributed by atoms with Crippen LogP contribution in [0.4, 0.5) is 0 Å². The molecule has 0 radical (unpaired) electrons. The highest BCUT2D eigenvalue weighted by molar-refractivity contribution is 5.89. The second kappa shape index (κ2) is 9.34. The molecule has 1 fully saturated rings. The minimum absolute atomic E-state index is 0.107. The predicted octanol–water partition coefficient (Wildman–Crippen LogP) is 2.55. The maximum absolute atomic E-state index is 11.0. The molecule has 1 aliphatic heterocycles. The van der Waals surface area contributed by atoms with Crippen molar-refractivity contribution in [3.63, 3.8) is 0 Å². The van der Waals surface area contributed by atoms with Gasteiger partial charge in [0.25, 0.3) is 0 Å². The maximum Gasteiger partial charge on any atom is 0.333 e. The Balaban J connectivity index is 0.000000211. The Morgan fingerprint density at radius 2 is 2.10 bits per heavy atom. The number of rotatable bonds is 7. The monoisotopic (exact) mass is 296 g/mol. The molecular weight excluding hydrogens is 272 g/mol. The third-order valence-corrected chi connectivity index (χ3v) is 2.95. The lowest BCUT2D eigenvalue weighted by Crippen LogP contribution is -2.12. The second-order valence-corrected chi connectivity index (χ2v) is 5.09. The third kappa shape index (κ3) is 7.66. The Labute approximate surface area is 125 Å². The average molecular weight is 296 g/mol. The SMILES string of the molecule is C=C(C)C(=O)OCC1CO1.CCCCOC(=O)C1=CCC1. The van der Waals surface area contributed by atoms with Crippen molar-refractivity contribution in [2.24, 2.45) is 0 Å². The van der Waals surface area contributed by atoms with Gasteiger partial charge in [-0.05, 0) is 26.2 Å². The molecule has 118 valence electrons. The Morgan fingerprint density at radius 1 is 1.43 bits per heavy atom. The Kier molecular flexibility index (Phi) is 7.75. The first-order chi connectivity index (χ1) is 10.0. The number of epoxide rings is 1. The molecular formula is C16H24O5. The van der Waals surface area contributed by atoms with Gasteiger partial charge in [-0.15, -0.1) is 0 Å². The number of carbonyl (C=O) groups excluding carboxylic acids is 2. The number of hydrogen-bond acceptors (Lipinski definition) is 5. The van der Waals surface area contributed by atoms with Crippen LogP contribution in [0.5, 0.6) is 0 Å². The normalized spacial score (nSPS) is 18.4. The highest BCUT2D eigenvalue weighted by Gasteiger charge is 2.24. The van der Waals surface area contributed by atoms with Crippen molar-refractivity contribution in [1.82, 2.24) is 0 Å². The van der Waals surface area contributed by atoms with E-state index >= 15 is 0 Å². The highest BCUT2D eigenvalue weighted by atomic mass is 16.6. The van der Waals surface area contributed by atoms with Gasteiger partial charge in [0.2, 0.25) is 0 Å². The molecule has 0 spiro atoms. The molecule has 1 unspecified atom stereocenters. The topological polar surface area (TPSA) is 65.1 Å². The van der Waals surface area contributed by atoms with Crippen LogP contribution in [0.3, 0.4) is 0 Å². The van der Waals surface area contributed by atoms with Gasteiger partial charge in [0.15, 0.2) is 0 Å². The van der Waals surface area contributed by atoms with E-state index in [9.17, 15) is 9.59 Å². The molecule has 1 heterocycles. The van der Waals surface area contributed by atoms with E-state index in [2.05, 4.69) is 13.5 Å². The first-order valence-electron chi connectivity index (χ1n) is 7.35. The van der Waals surface area contributed by atoms with Crippen LogP contribution in [0.25, 0.3) is 0 Å². The van der Waals surface area contributed by atoms with Gasteiger partial charge >= 0.3 is 11.9 Å². The number of ether oxygens (including phenoxy) is 3. The van der Waals surface area contributed by atoms with Crippen molar-refractivity contribution in [3.8, 4) is 0 Å². The van der Waals surface area contributed by atoms with Crippen LogP contribution in [0.15, 0.2) is 23.8 Å². The molecule has 0 bridgehead atoms. The molecule has 2 aliphatic rings. The maximum atomic E-state index is 11.0. The van der Waals surface area contributed by atoms with Gasteiger partial charge in [-0.25, -0.2) is 9.59 Å². The molecule has 1 atom stereocenters. The van der Waals surface area contributed by atoms with Crippen LogP contribution < -0.4 is 0 Å². The summed E-state index contributed by atoms with van der Waals surface area (Å²) >= 11 is 0. The summed E-state index contributed by atoms with van der Waals surface area (Å²) in [5.74, 6) is -0.444. The largest absolute Gasteiger partial charge is 0.462 e. The van der Waals surface area contributed by atoms with E-state index in [1.807, 2.05) is 6.08 Å². The fourth-order valence-electron chi connectivity index (χ4n) is 1.33. The van der Waals surface area contributed by atoms with E-state index < -0.39 is 0 Å². The number of esters is 2. The van der Waals surface area contributed by atoms with E-state index in [0.717, 1.165) is 31.3 Å². The zero-order valence-electron chi connectivity index (χ0n) is 12.9. The van der Waals surface area contributed by atoms with Crippen molar-refractivity contribution in [2.75, 3.05) is 19.8 Å². The van der Waals surface area contributed by atoms with Crippen LogP contribution in [0, 0.1) is 0 Å². The molecule has 21 heavy (non-hydrogen) atoms. The van der Waals surface area contributed by atoms with Gasteiger partial charge in [0.1, 0.15) is 12.7 Å². The van der Waals surface area contributed by atoms with Crippen molar-refractivity contribution in [1.29, 1.82) is 0 Å². The summed E-state index contributed by atoms with van der Waals surface area (Å²) in [6, 6.07) is 0. The molecule has 0 aromatic carbocycles. The fourth-order valence-corrected chi connectivity index (χ4v) is 1.33. The Morgan fingerprint density at radius 3 is 2.52 bits per heavy atom. The zero-order valence-corrected chi connectivity index (χ0v) is 12.9. The fraction of sp³-hybridized carbons (Fsp3) is 0.625. The van der Waals surface area contributed by atoms with Gasteiger partial charge in [-0.3, -0.25) is 0 Å². The molecule has 5 heteroatoms. The molecule has 1 aliphatic carbocycles. The minimum Gasteiger partial charge on any atom is -0.462 e. The Hall–Kier alpha value is -1.62. The minimum atomic E-state index is -0.337. The van der Waals surface area contributed by atoms with E-state index in [-0.39, 0.29) is 18.0 Å². The van der Waals surface area contributed by atoms with E-state index in [4.69, 9.17) is 14.2 Å². The highest BCUT2D eigenvalue weighted by Crippen LogP contribution is 2.18. The molecule has 0 saturated carbocycles. The van der Waals surface area contributed by atoms with Gasteiger partial charge in [0.05, 0.1) is 13.2 Å². The van der Waals surface area contributed by atoms with E-state index in [1.165, 1.54) is 0 Å². The van der Waals surface area contributed by atoms with Crippen molar-refractivity contribution in [3.05, 3.63) is 23.8 Å². The molecule has 0 N–H and O–H groups in total. The van der Waals surface area contributed by atoms with Crippen LogP contribution >= 0.6 is 0 Å². The number of hydrogen-bond donors (Lipinski definition) is 0. The quantitative estimate of drug-likeness (QED) is 0.313. The summed E-state index contributed by atoms with van der Waals surface area (Å²) in [5.41, 5.74) is 1.29. The zero-order chi connectivity index (χ0) is 15.7. The van der Waals surface area contributed by atoms with Crippen LogP contribution in [0.1, 0.15) is 39.5 Å². The van der Waals surface area contributed by atoms with Gasteiger partial charge in [0, 0.05) is 11.1 Å². The first kappa shape index (κ1) is 17.4.